The van der Waals surface area contributed by atoms with E-state index in [1.54, 1.807) is 0 Å². The van der Waals surface area contributed by atoms with Crippen molar-refractivity contribution in [2.24, 2.45) is 11.8 Å². The topological polar surface area (TPSA) is 3.24 Å². The van der Waals surface area contributed by atoms with Crippen molar-refractivity contribution in [3.63, 3.8) is 0 Å². The lowest BCUT2D eigenvalue weighted by molar-refractivity contribution is 0.191. The van der Waals surface area contributed by atoms with Crippen molar-refractivity contribution in [1.82, 2.24) is 4.90 Å². The van der Waals surface area contributed by atoms with Crippen LogP contribution >= 0.6 is 0 Å². The quantitative estimate of drug-likeness (QED) is 0.472. The predicted octanol–water partition coefficient (Wildman–Crippen LogP) is 1.35. The molecule has 0 spiro atoms. The van der Waals surface area contributed by atoms with E-state index >= 15 is 0 Å². The van der Waals surface area contributed by atoms with Crippen LogP contribution in [0, 0.1) is 11.8 Å². The number of rotatable bonds is 0. The highest BCUT2D eigenvalue weighted by Gasteiger charge is 2.42. The molecular formula is C8H15N. The van der Waals surface area contributed by atoms with Crippen LogP contribution in [0.15, 0.2) is 0 Å². The van der Waals surface area contributed by atoms with Gasteiger partial charge in [0, 0.05) is 12.6 Å². The first-order valence-corrected chi connectivity index (χ1v) is 3.97. The molecule has 1 heteroatoms. The molecule has 2 fully saturated rings. The minimum absolute atomic E-state index is 0.855. The van der Waals surface area contributed by atoms with E-state index in [1.165, 1.54) is 19.4 Å². The van der Waals surface area contributed by atoms with E-state index in [1.807, 2.05) is 0 Å². The van der Waals surface area contributed by atoms with Gasteiger partial charge in [-0.15, -0.1) is 0 Å². The largest absolute Gasteiger partial charge is 0.303 e. The van der Waals surface area contributed by atoms with Crippen molar-refractivity contribution < 1.29 is 0 Å². The Morgan fingerprint density at radius 3 is 2.67 bits per heavy atom. The van der Waals surface area contributed by atoms with Gasteiger partial charge in [0.05, 0.1) is 0 Å². The summed E-state index contributed by atoms with van der Waals surface area (Å²) in [6, 6.07) is 0.855. The van der Waals surface area contributed by atoms with Gasteiger partial charge in [0.25, 0.3) is 0 Å². The van der Waals surface area contributed by atoms with Crippen LogP contribution < -0.4 is 0 Å². The minimum Gasteiger partial charge on any atom is -0.303 e. The second-order valence-corrected chi connectivity index (χ2v) is 3.78. The van der Waals surface area contributed by atoms with Gasteiger partial charge >= 0.3 is 0 Å². The normalized spacial score (nSPS) is 50.7. The van der Waals surface area contributed by atoms with Crippen molar-refractivity contribution in [2.45, 2.75) is 25.8 Å². The third kappa shape index (κ3) is 0.877. The summed E-state index contributed by atoms with van der Waals surface area (Å²) < 4.78 is 0. The Hall–Kier alpha value is -0.0400. The molecule has 1 unspecified atom stereocenters. The molecule has 9 heavy (non-hydrogen) atoms. The Balaban J connectivity index is 1.98. The van der Waals surface area contributed by atoms with Gasteiger partial charge in [0.15, 0.2) is 0 Å². The zero-order chi connectivity index (χ0) is 6.43. The van der Waals surface area contributed by atoms with Crippen LogP contribution in [0.2, 0.25) is 0 Å². The first-order valence-electron chi connectivity index (χ1n) is 3.97. The lowest BCUT2D eigenvalue weighted by atomic mass is 10.1. The Morgan fingerprint density at radius 1 is 1.22 bits per heavy atom. The van der Waals surface area contributed by atoms with Gasteiger partial charge in [0.2, 0.25) is 0 Å². The number of nitrogens with zero attached hydrogens (tertiary/aromatic N) is 1. The van der Waals surface area contributed by atoms with E-state index in [0.29, 0.717) is 0 Å². The fourth-order valence-electron chi connectivity index (χ4n) is 1.99. The minimum atomic E-state index is 0.855. The Morgan fingerprint density at radius 2 is 2.00 bits per heavy atom. The molecule has 1 aliphatic carbocycles. The molecule has 2 aliphatic rings. The van der Waals surface area contributed by atoms with Crippen molar-refractivity contribution in [3.8, 4) is 0 Å². The average molecular weight is 125 g/mol. The molecule has 2 rings (SSSR count). The van der Waals surface area contributed by atoms with Gasteiger partial charge in [-0.3, -0.25) is 0 Å². The fraction of sp³-hybridized carbons (Fsp3) is 1.00. The first kappa shape index (κ1) is 5.72. The monoisotopic (exact) mass is 125 g/mol. The molecular weight excluding hydrogens is 110 g/mol. The lowest BCUT2D eigenvalue weighted by Gasteiger charge is -2.28. The van der Waals surface area contributed by atoms with Crippen LogP contribution in [0.5, 0.6) is 0 Å². The predicted molar refractivity (Wildman–Crippen MR) is 38.3 cm³/mol. The van der Waals surface area contributed by atoms with Crippen molar-refractivity contribution >= 4 is 0 Å². The smallest absolute Gasteiger partial charge is 0.00667 e. The summed E-state index contributed by atoms with van der Waals surface area (Å²) in [4.78, 5) is 2.49. The summed E-state index contributed by atoms with van der Waals surface area (Å²) >= 11 is 0. The molecule has 1 aliphatic heterocycles. The highest BCUT2D eigenvalue weighted by Crippen LogP contribution is 2.46. The summed E-state index contributed by atoms with van der Waals surface area (Å²) in [6.07, 6.45) is 2.98. The molecule has 0 N–H and O–H groups in total. The van der Waals surface area contributed by atoms with Gasteiger partial charge in [-0.2, -0.15) is 0 Å². The van der Waals surface area contributed by atoms with Crippen LogP contribution in [0.3, 0.4) is 0 Å². The molecule has 0 radical (unpaired) electrons. The number of piperidine rings is 1. The van der Waals surface area contributed by atoms with E-state index < -0.39 is 0 Å². The number of likely N-dealkylation sites (tertiary alicyclic amines) is 1. The van der Waals surface area contributed by atoms with Crippen LogP contribution in [0.1, 0.15) is 19.8 Å². The summed E-state index contributed by atoms with van der Waals surface area (Å²) in [5.41, 5.74) is 0. The van der Waals surface area contributed by atoms with Crippen LogP contribution in [-0.2, 0) is 0 Å². The Bertz CT molecular complexity index is 108. The van der Waals surface area contributed by atoms with Gasteiger partial charge in [-0.1, -0.05) is 0 Å². The number of hydrogen-bond donors (Lipinski definition) is 0. The zero-order valence-electron chi connectivity index (χ0n) is 6.30. The summed E-state index contributed by atoms with van der Waals surface area (Å²) in [7, 11) is 2.25. The maximum Gasteiger partial charge on any atom is 0.00667 e. The van der Waals surface area contributed by atoms with Crippen molar-refractivity contribution in [2.75, 3.05) is 13.6 Å². The summed E-state index contributed by atoms with van der Waals surface area (Å²) in [6.45, 7) is 3.71. The zero-order valence-corrected chi connectivity index (χ0v) is 6.30. The van der Waals surface area contributed by atoms with E-state index in [2.05, 4.69) is 18.9 Å². The lowest BCUT2D eigenvalue weighted by Crippen LogP contribution is -2.35. The molecule has 0 aromatic heterocycles. The molecule has 52 valence electrons. The molecule has 1 saturated heterocycles. The van der Waals surface area contributed by atoms with Crippen LogP contribution in [0.4, 0.5) is 0 Å². The average Bonchev–Trinajstić information content (AvgIpc) is 2.46. The van der Waals surface area contributed by atoms with Gasteiger partial charge in [0.1, 0.15) is 0 Å². The third-order valence-corrected chi connectivity index (χ3v) is 2.99. The Kier molecular flexibility index (Phi) is 1.10. The van der Waals surface area contributed by atoms with Gasteiger partial charge in [-0.25, -0.2) is 0 Å². The Labute approximate surface area is 57.0 Å². The molecule has 0 amide bonds. The molecule has 1 heterocycles. The molecule has 0 aromatic rings. The second-order valence-electron chi connectivity index (χ2n) is 3.78. The molecule has 1 saturated carbocycles. The first-order chi connectivity index (χ1) is 4.27. The molecule has 1 nitrogen and oxygen atoms in total. The van der Waals surface area contributed by atoms with E-state index in [9.17, 15) is 0 Å². The maximum atomic E-state index is 2.49. The SMILES string of the molecule is C[C@@H]1C[C@@H]2CC2CN1C. The molecule has 0 aromatic carbocycles. The summed E-state index contributed by atoms with van der Waals surface area (Å²) in [5.74, 6) is 2.21. The summed E-state index contributed by atoms with van der Waals surface area (Å²) in [5, 5.41) is 0. The van der Waals surface area contributed by atoms with Gasteiger partial charge in [-0.05, 0) is 38.6 Å². The molecule has 0 bridgehead atoms. The van der Waals surface area contributed by atoms with E-state index in [-0.39, 0.29) is 0 Å². The highest BCUT2D eigenvalue weighted by molar-refractivity contribution is 4.94. The van der Waals surface area contributed by atoms with Crippen LogP contribution in [0.25, 0.3) is 0 Å². The standard InChI is InChI=1S/C8H15N/c1-6-3-7-4-8(7)5-9(6)2/h6-8H,3-5H2,1-2H3/t6-,7-,8?/m1/s1. The second kappa shape index (κ2) is 1.72. The third-order valence-electron chi connectivity index (χ3n) is 2.99. The highest BCUT2D eigenvalue weighted by atomic mass is 15.1. The van der Waals surface area contributed by atoms with E-state index in [0.717, 1.165) is 17.9 Å². The van der Waals surface area contributed by atoms with Crippen LogP contribution in [-0.4, -0.2) is 24.5 Å². The van der Waals surface area contributed by atoms with E-state index in [4.69, 9.17) is 0 Å². The molecule has 3 atom stereocenters. The van der Waals surface area contributed by atoms with Crippen molar-refractivity contribution in [1.29, 1.82) is 0 Å². The number of hydrogen-bond acceptors (Lipinski definition) is 1. The maximum absolute atomic E-state index is 2.49. The van der Waals surface area contributed by atoms with Crippen molar-refractivity contribution in [3.05, 3.63) is 0 Å². The number of fused-ring (bicyclic) bond motifs is 1. The van der Waals surface area contributed by atoms with Gasteiger partial charge < -0.3 is 4.90 Å². The fourth-order valence-corrected chi connectivity index (χ4v) is 1.99.